The molecule has 1 unspecified atom stereocenters. The van der Waals surface area contributed by atoms with Gasteiger partial charge >= 0.3 is 0 Å². The number of benzene rings is 3. The molecule has 6 nitrogen and oxygen atoms in total. The number of halogens is 2. The van der Waals surface area contributed by atoms with Crippen molar-refractivity contribution < 1.29 is 5.11 Å². The molecule has 0 aliphatic carbocycles. The van der Waals surface area contributed by atoms with Crippen LogP contribution in [0.5, 0.6) is 0 Å². The predicted octanol–water partition coefficient (Wildman–Crippen LogP) is 5.49. The fourth-order valence-electron chi connectivity index (χ4n) is 4.58. The van der Waals surface area contributed by atoms with Gasteiger partial charge in [0.2, 0.25) is 0 Å². The van der Waals surface area contributed by atoms with Gasteiger partial charge < -0.3 is 10.0 Å². The third kappa shape index (κ3) is 5.90. The zero-order valence-electron chi connectivity index (χ0n) is 20.0. The largest absolute Gasteiger partial charge is 0.392 e. The molecule has 8 heteroatoms. The zero-order valence-corrected chi connectivity index (χ0v) is 21.5. The molecule has 0 bridgehead atoms. The molecule has 1 atom stereocenters. The van der Waals surface area contributed by atoms with Gasteiger partial charge in [-0.2, -0.15) is 0 Å². The Kier molecular flexibility index (Phi) is 7.87. The van der Waals surface area contributed by atoms with Crippen molar-refractivity contribution in [2.75, 3.05) is 37.6 Å². The third-order valence-corrected chi connectivity index (χ3v) is 7.44. The summed E-state index contributed by atoms with van der Waals surface area (Å²) in [5.41, 5.74) is 5.20. The molecular formula is C28H29Cl2N5O. The average molecular weight is 522 g/mol. The van der Waals surface area contributed by atoms with E-state index in [0.29, 0.717) is 29.6 Å². The van der Waals surface area contributed by atoms with E-state index in [0.717, 1.165) is 43.1 Å². The SMILES string of the molecule is OC(CCn1cc(-c2ccc(-c3ccccc3)cc2)nn1)CN1CCN(c2cccc(Cl)c2Cl)CC1. The van der Waals surface area contributed by atoms with E-state index in [2.05, 4.69) is 56.5 Å². The number of hydrogen-bond acceptors (Lipinski definition) is 5. The molecule has 2 heterocycles. The highest BCUT2D eigenvalue weighted by Gasteiger charge is 2.21. The van der Waals surface area contributed by atoms with Crippen molar-refractivity contribution >= 4 is 28.9 Å². The standard InChI is InChI=1S/C28H29Cl2N5O/c29-25-7-4-8-27(28(25)30)34-17-15-33(16-18-34)19-24(36)13-14-35-20-26(31-32-35)23-11-9-22(10-12-23)21-5-2-1-3-6-21/h1-12,20,24,36H,13-19H2. The Hall–Kier alpha value is -2.90. The van der Waals surface area contributed by atoms with Crippen LogP contribution in [0.3, 0.4) is 0 Å². The number of nitrogens with zero attached hydrogens (tertiary/aromatic N) is 5. The lowest BCUT2D eigenvalue weighted by atomic mass is 10.0. The maximum atomic E-state index is 10.6. The van der Waals surface area contributed by atoms with Gasteiger partial charge in [0.15, 0.2) is 0 Å². The van der Waals surface area contributed by atoms with Crippen LogP contribution in [-0.2, 0) is 6.54 Å². The van der Waals surface area contributed by atoms with Crippen molar-refractivity contribution in [3.8, 4) is 22.4 Å². The van der Waals surface area contributed by atoms with E-state index in [1.807, 2.05) is 41.2 Å². The van der Waals surface area contributed by atoms with Crippen LogP contribution in [0.15, 0.2) is 79.0 Å². The Morgan fingerprint density at radius 1 is 0.806 bits per heavy atom. The van der Waals surface area contributed by atoms with Crippen molar-refractivity contribution in [2.45, 2.75) is 19.1 Å². The maximum absolute atomic E-state index is 10.6. The third-order valence-electron chi connectivity index (χ3n) is 6.63. The van der Waals surface area contributed by atoms with Crippen molar-refractivity contribution in [3.63, 3.8) is 0 Å². The second kappa shape index (κ2) is 11.4. The predicted molar refractivity (Wildman–Crippen MR) is 147 cm³/mol. The molecule has 1 aromatic heterocycles. The number of aliphatic hydroxyl groups is 1. The smallest absolute Gasteiger partial charge is 0.113 e. The maximum Gasteiger partial charge on any atom is 0.113 e. The molecule has 36 heavy (non-hydrogen) atoms. The van der Waals surface area contributed by atoms with Gasteiger partial charge in [0.1, 0.15) is 5.69 Å². The van der Waals surface area contributed by atoms with Crippen molar-refractivity contribution in [2.24, 2.45) is 0 Å². The summed E-state index contributed by atoms with van der Waals surface area (Å²) in [6, 6.07) is 24.4. The summed E-state index contributed by atoms with van der Waals surface area (Å²) in [5.74, 6) is 0. The molecular weight excluding hydrogens is 493 g/mol. The molecule has 1 fully saturated rings. The van der Waals surface area contributed by atoms with Crippen LogP contribution in [0.25, 0.3) is 22.4 Å². The first kappa shape index (κ1) is 24.8. The molecule has 0 saturated carbocycles. The number of aryl methyl sites for hydroxylation is 1. The van der Waals surface area contributed by atoms with Crippen molar-refractivity contribution in [3.05, 3.63) is 89.0 Å². The minimum Gasteiger partial charge on any atom is -0.392 e. The van der Waals surface area contributed by atoms with E-state index in [-0.39, 0.29) is 0 Å². The van der Waals surface area contributed by atoms with E-state index in [1.54, 1.807) is 6.07 Å². The minimum atomic E-state index is -0.427. The van der Waals surface area contributed by atoms with Crippen molar-refractivity contribution in [1.82, 2.24) is 19.9 Å². The van der Waals surface area contributed by atoms with Gasteiger partial charge in [-0.1, -0.05) is 89.1 Å². The summed E-state index contributed by atoms with van der Waals surface area (Å²) in [4.78, 5) is 4.54. The second-order valence-corrected chi connectivity index (χ2v) is 9.90. The Labute approximate surface area is 221 Å². The second-order valence-electron chi connectivity index (χ2n) is 9.11. The highest BCUT2D eigenvalue weighted by Crippen LogP contribution is 2.33. The minimum absolute atomic E-state index is 0.427. The van der Waals surface area contributed by atoms with Gasteiger partial charge in [0.25, 0.3) is 0 Å². The Bertz CT molecular complexity index is 1270. The van der Waals surface area contributed by atoms with Gasteiger partial charge in [-0.15, -0.1) is 5.10 Å². The Balaban J connectivity index is 1.09. The first-order valence-corrected chi connectivity index (χ1v) is 13.0. The molecule has 5 rings (SSSR count). The van der Waals surface area contributed by atoms with Crippen LogP contribution in [0.2, 0.25) is 10.0 Å². The molecule has 4 aromatic rings. The molecule has 0 amide bonds. The lowest BCUT2D eigenvalue weighted by Crippen LogP contribution is -2.48. The summed E-state index contributed by atoms with van der Waals surface area (Å²) >= 11 is 12.5. The Morgan fingerprint density at radius 3 is 2.25 bits per heavy atom. The number of piperazine rings is 1. The van der Waals surface area contributed by atoms with E-state index in [1.165, 1.54) is 11.1 Å². The first-order chi connectivity index (χ1) is 17.6. The summed E-state index contributed by atoms with van der Waals surface area (Å²) in [7, 11) is 0. The van der Waals surface area contributed by atoms with E-state index in [9.17, 15) is 5.11 Å². The molecule has 1 N–H and O–H groups in total. The monoisotopic (exact) mass is 521 g/mol. The van der Waals surface area contributed by atoms with Crippen LogP contribution < -0.4 is 4.90 Å². The fraction of sp³-hybridized carbons (Fsp3) is 0.286. The molecule has 3 aromatic carbocycles. The summed E-state index contributed by atoms with van der Waals surface area (Å²) in [6.45, 7) is 4.69. The van der Waals surface area contributed by atoms with E-state index < -0.39 is 6.10 Å². The molecule has 1 aliphatic heterocycles. The van der Waals surface area contributed by atoms with Crippen LogP contribution >= 0.6 is 23.2 Å². The number of aromatic nitrogens is 3. The van der Waals surface area contributed by atoms with Crippen LogP contribution in [0.1, 0.15) is 6.42 Å². The lowest BCUT2D eigenvalue weighted by Gasteiger charge is -2.37. The molecule has 1 saturated heterocycles. The highest BCUT2D eigenvalue weighted by atomic mass is 35.5. The number of aliphatic hydroxyl groups excluding tert-OH is 1. The summed E-state index contributed by atoms with van der Waals surface area (Å²) in [6.07, 6.45) is 2.14. The van der Waals surface area contributed by atoms with E-state index >= 15 is 0 Å². The van der Waals surface area contributed by atoms with Gasteiger partial charge in [0.05, 0.1) is 28.0 Å². The highest BCUT2D eigenvalue weighted by molar-refractivity contribution is 6.43. The lowest BCUT2D eigenvalue weighted by molar-refractivity contribution is 0.0973. The molecule has 1 aliphatic rings. The quantitative estimate of drug-likeness (QED) is 0.332. The number of rotatable bonds is 8. The molecule has 0 radical (unpaired) electrons. The topological polar surface area (TPSA) is 57.4 Å². The average Bonchev–Trinajstić information content (AvgIpc) is 3.39. The number of anilines is 1. The first-order valence-electron chi connectivity index (χ1n) is 12.2. The fourth-order valence-corrected chi connectivity index (χ4v) is 5.00. The molecule has 186 valence electrons. The zero-order chi connectivity index (χ0) is 24.9. The van der Waals surface area contributed by atoms with Gasteiger partial charge in [-0.05, 0) is 29.7 Å². The van der Waals surface area contributed by atoms with Gasteiger partial charge in [-0.25, -0.2) is 0 Å². The van der Waals surface area contributed by atoms with Crippen LogP contribution in [0.4, 0.5) is 5.69 Å². The number of hydrogen-bond donors (Lipinski definition) is 1. The number of β-amino-alcohol motifs (C(OH)–C–C–N with tert-alkyl or cyclic N) is 1. The molecule has 0 spiro atoms. The normalized spacial score (nSPS) is 15.2. The Morgan fingerprint density at radius 2 is 1.50 bits per heavy atom. The van der Waals surface area contributed by atoms with Crippen molar-refractivity contribution in [1.29, 1.82) is 0 Å². The van der Waals surface area contributed by atoms with Crippen LogP contribution in [0, 0.1) is 0 Å². The van der Waals surface area contributed by atoms with E-state index in [4.69, 9.17) is 23.2 Å². The summed E-state index contributed by atoms with van der Waals surface area (Å²) < 4.78 is 1.81. The van der Waals surface area contributed by atoms with Gasteiger partial charge in [-0.3, -0.25) is 9.58 Å². The van der Waals surface area contributed by atoms with Crippen LogP contribution in [-0.4, -0.2) is 63.8 Å². The van der Waals surface area contributed by atoms with Gasteiger partial charge in [0, 0.05) is 44.8 Å². The summed E-state index contributed by atoms with van der Waals surface area (Å²) in [5, 5.41) is 20.4.